The molecule has 2 aromatic rings. The van der Waals surface area contributed by atoms with E-state index in [9.17, 15) is 4.39 Å². The molecule has 1 N–H and O–H groups in total. The SMILES string of the molecule is CCn1ncnc1CNc1cccc(F)c1C. The highest BCUT2D eigenvalue weighted by atomic mass is 19.1. The van der Waals surface area contributed by atoms with E-state index in [1.165, 1.54) is 12.4 Å². The molecule has 0 aliphatic heterocycles. The summed E-state index contributed by atoms with van der Waals surface area (Å²) in [5.74, 6) is 0.642. The number of nitrogens with zero attached hydrogens (tertiary/aromatic N) is 3. The molecule has 0 amide bonds. The molecule has 0 saturated carbocycles. The van der Waals surface area contributed by atoms with Crippen molar-refractivity contribution in [2.24, 2.45) is 0 Å². The van der Waals surface area contributed by atoms with Crippen molar-refractivity contribution in [2.45, 2.75) is 26.9 Å². The molecule has 0 saturated heterocycles. The summed E-state index contributed by atoms with van der Waals surface area (Å²) in [5.41, 5.74) is 1.41. The molecule has 90 valence electrons. The Hall–Kier alpha value is -1.91. The van der Waals surface area contributed by atoms with Crippen LogP contribution < -0.4 is 5.32 Å². The summed E-state index contributed by atoms with van der Waals surface area (Å²) in [5, 5.41) is 7.25. The van der Waals surface area contributed by atoms with E-state index in [0.717, 1.165) is 18.1 Å². The molecule has 5 heteroatoms. The Labute approximate surface area is 99.5 Å². The minimum Gasteiger partial charge on any atom is -0.377 e. The minimum atomic E-state index is -0.202. The molecule has 2 rings (SSSR count). The molecule has 0 fully saturated rings. The fourth-order valence-electron chi connectivity index (χ4n) is 1.66. The molecule has 0 aliphatic rings. The first-order valence-corrected chi connectivity index (χ1v) is 5.58. The lowest BCUT2D eigenvalue weighted by Crippen LogP contribution is -2.09. The zero-order chi connectivity index (χ0) is 12.3. The van der Waals surface area contributed by atoms with Crippen LogP contribution in [0.2, 0.25) is 0 Å². The monoisotopic (exact) mass is 234 g/mol. The fraction of sp³-hybridized carbons (Fsp3) is 0.333. The quantitative estimate of drug-likeness (QED) is 0.883. The molecular weight excluding hydrogens is 219 g/mol. The van der Waals surface area contributed by atoms with Gasteiger partial charge in [-0.05, 0) is 26.0 Å². The Morgan fingerprint density at radius 1 is 1.41 bits per heavy atom. The van der Waals surface area contributed by atoms with Gasteiger partial charge in [0.05, 0.1) is 6.54 Å². The van der Waals surface area contributed by atoms with E-state index in [4.69, 9.17) is 0 Å². The zero-order valence-corrected chi connectivity index (χ0v) is 9.94. The van der Waals surface area contributed by atoms with Crippen LogP contribution in [0.4, 0.5) is 10.1 Å². The predicted molar refractivity (Wildman–Crippen MR) is 64.2 cm³/mol. The van der Waals surface area contributed by atoms with E-state index in [1.54, 1.807) is 13.0 Å². The minimum absolute atomic E-state index is 0.202. The van der Waals surface area contributed by atoms with E-state index in [2.05, 4.69) is 15.4 Å². The van der Waals surface area contributed by atoms with Gasteiger partial charge in [0.2, 0.25) is 0 Å². The molecule has 1 aromatic heterocycles. The van der Waals surface area contributed by atoms with Gasteiger partial charge in [0.1, 0.15) is 18.0 Å². The smallest absolute Gasteiger partial charge is 0.146 e. The highest BCUT2D eigenvalue weighted by Gasteiger charge is 2.05. The number of benzene rings is 1. The van der Waals surface area contributed by atoms with Gasteiger partial charge in [-0.15, -0.1) is 0 Å². The maximum absolute atomic E-state index is 13.3. The van der Waals surface area contributed by atoms with Gasteiger partial charge in [-0.1, -0.05) is 6.07 Å². The second kappa shape index (κ2) is 4.95. The van der Waals surface area contributed by atoms with Crippen LogP contribution in [0.5, 0.6) is 0 Å². The number of halogens is 1. The Morgan fingerprint density at radius 2 is 2.24 bits per heavy atom. The number of hydrogen-bond acceptors (Lipinski definition) is 3. The topological polar surface area (TPSA) is 42.7 Å². The number of nitrogens with one attached hydrogen (secondary N) is 1. The van der Waals surface area contributed by atoms with Crippen LogP contribution in [0.25, 0.3) is 0 Å². The Morgan fingerprint density at radius 3 is 3.00 bits per heavy atom. The zero-order valence-electron chi connectivity index (χ0n) is 9.94. The molecule has 0 unspecified atom stereocenters. The van der Waals surface area contributed by atoms with Gasteiger partial charge in [0.25, 0.3) is 0 Å². The van der Waals surface area contributed by atoms with Crippen LogP contribution in [-0.2, 0) is 13.1 Å². The number of aryl methyl sites for hydroxylation is 1. The van der Waals surface area contributed by atoms with Crippen molar-refractivity contribution >= 4 is 5.69 Å². The highest BCUT2D eigenvalue weighted by Crippen LogP contribution is 2.17. The average molecular weight is 234 g/mol. The van der Waals surface area contributed by atoms with Crippen LogP contribution >= 0.6 is 0 Å². The van der Waals surface area contributed by atoms with Gasteiger partial charge in [0.15, 0.2) is 0 Å². The van der Waals surface area contributed by atoms with Crippen molar-refractivity contribution in [2.75, 3.05) is 5.32 Å². The van der Waals surface area contributed by atoms with E-state index in [-0.39, 0.29) is 5.82 Å². The third-order valence-electron chi connectivity index (χ3n) is 2.70. The van der Waals surface area contributed by atoms with Crippen LogP contribution in [0.15, 0.2) is 24.5 Å². The third kappa shape index (κ3) is 2.43. The van der Waals surface area contributed by atoms with E-state index in [1.807, 2.05) is 17.7 Å². The first-order chi connectivity index (χ1) is 8.22. The second-order valence-electron chi connectivity index (χ2n) is 3.76. The Balaban J connectivity index is 2.10. The van der Waals surface area contributed by atoms with Gasteiger partial charge in [-0.25, -0.2) is 14.1 Å². The largest absolute Gasteiger partial charge is 0.377 e. The van der Waals surface area contributed by atoms with Crippen molar-refractivity contribution in [3.63, 3.8) is 0 Å². The number of anilines is 1. The first kappa shape index (κ1) is 11.6. The second-order valence-corrected chi connectivity index (χ2v) is 3.76. The molecule has 4 nitrogen and oxygen atoms in total. The molecule has 0 spiro atoms. The van der Waals surface area contributed by atoms with Crippen molar-refractivity contribution in [3.05, 3.63) is 41.7 Å². The van der Waals surface area contributed by atoms with E-state index in [0.29, 0.717) is 12.1 Å². The number of hydrogen-bond donors (Lipinski definition) is 1. The molecule has 0 radical (unpaired) electrons. The highest BCUT2D eigenvalue weighted by molar-refractivity contribution is 5.50. The standard InChI is InChI=1S/C12H15FN4/c1-3-17-12(15-8-16-17)7-14-11-6-4-5-10(13)9(11)2/h4-6,8,14H,3,7H2,1-2H3. The molecule has 0 atom stereocenters. The molecule has 0 aliphatic carbocycles. The van der Waals surface area contributed by atoms with Gasteiger partial charge in [0, 0.05) is 17.8 Å². The summed E-state index contributed by atoms with van der Waals surface area (Å²) in [4.78, 5) is 4.15. The summed E-state index contributed by atoms with van der Waals surface area (Å²) >= 11 is 0. The van der Waals surface area contributed by atoms with Gasteiger partial charge < -0.3 is 5.32 Å². The van der Waals surface area contributed by atoms with E-state index >= 15 is 0 Å². The Bertz CT molecular complexity index is 507. The number of rotatable bonds is 4. The lowest BCUT2D eigenvalue weighted by atomic mass is 10.2. The van der Waals surface area contributed by atoms with Crippen molar-refractivity contribution in [1.82, 2.24) is 14.8 Å². The van der Waals surface area contributed by atoms with Crippen molar-refractivity contribution in [3.8, 4) is 0 Å². The summed E-state index contributed by atoms with van der Waals surface area (Å²) in [7, 11) is 0. The van der Waals surface area contributed by atoms with Crippen molar-refractivity contribution in [1.29, 1.82) is 0 Å². The van der Waals surface area contributed by atoms with Gasteiger partial charge in [-0.3, -0.25) is 0 Å². The summed E-state index contributed by atoms with van der Waals surface area (Å²) < 4.78 is 15.1. The molecule has 17 heavy (non-hydrogen) atoms. The average Bonchev–Trinajstić information content (AvgIpc) is 2.78. The van der Waals surface area contributed by atoms with Crippen LogP contribution in [-0.4, -0.2) is 14.8 Å². The van der Waals surface area contributed by atoms with Crippen molar-refractivity contribution < 1.29 is 4.39 Å². The summed E-state index contributed by atoms with van der Waals surface area (Å²) in [6.07, 6.45) is 1.53. The number of aromatic nitrogens is 3. The lowest BCUT2D eigenvalue weighted by Gasteiger charge is -2.09. The molecular formula is C12H15FN4. The maximum atomic E-state index is 13.3. The predicted octanol–water partition coefficient (Wildman–Crippen LogP) is 2.36. The lowest BCUT2D eigenvalue weighted by molar-refractivity contribution is 0.615. The first-order valence-electron chi connectivity index (χ1n) is 5.58. The molecule has 0 bridgehead atoms. The molecule has 1 aromatic carbocycles. The van der Waals surface area contributed by atoms with Gasteiger partial charge >= 0.3 is 0 Å². The van der Waals surface area contributed by atoms with Crippen LogP contribution in [0, 0.1) is 12.7 Å². The summed E-state index contributed by atoms with van der Waals surface area (Å²) in [6, 6.07) is 5.00. The van der Waals surface area contributed by atoms with E-state index < -0.39 is 0 Å². The van der Waals surface area contributed by atoms with Crippen LogP contribution in [0.3, 0.4) is 0 Å². The van der Waals surface area contributed by atoms with Gasteiger partial charge in [-0.2, -0.15) is 5.10 Å². The Kier molecular flexibility index (Phi) is 3.37. The maximum Gasteiger partial charge on any atom is 0.146 e. The molecule has 1 heterocycles. The van der Waals surface area contributed by atoms with Crippen LogP contribution in [0.1, 0.15) is 18.3 Å². The normalized spacial score (nSPS) is 10.5. The third-order valence-corrected chi connectivity index (χ3v) is 2.70. The fourth-order valence-corrected chi connectivity index (χ4v) is 1.66. The summed E-state index contributed by atoms with van der Waals surface area (Å²) in [6.45, 7) is 5.07.